The number of phenolic OH excluding ortho intramolecular Hbond substituents is 1. The number of benzene rings is 2. The van der Waals surface area contributed by atoms with E-state index in [9.17, 15) is 9.90 Å². The van der Waals surface area contributed by atoms with Crippen LogP contribution in [0, 0.1) is 0 Å². The standard InChI is InChI=1S/C14H11ClO2S/c1-9(16)11-4-2-3-5-13(11)18-14-7-6-10(15)8-12(14)17/h2-8,17H,1H3. The normalized spacial score (nSPS) is 10.3. The number of carbonyl (C=O) groups excluding carboxylic acids is 1. The number of ketones is 1. The molecule has 1 N–H and O–H groups in total. The van der Waals surface area contributed by atoms with Gasteiger partial charge in [-0.15, -0.1) is 0 Å². The summed E-state index contributed by atoms with van der Waals surface area (Å²) in [6, 6.07) is 12.2. The van der Waals surface area contributed by atoms with Crippen LogP contribution in [0.5, 0.6) is 5.75 Å². The van der Waals surface area contributed by atoms with Crippen LogP contribution in [0.25, 0.3) is 0 Å². The van der Waals surface area contributed by atoms with Crippen molar-refractivity contribution in [1.82, 2.24) is 0 Å². The van der Waals surface area contributed by atoms with Crippen molar-refractivity contribution in [3.8, 4) is 5.75 Å². The first-order valence-corrected chi connectivity index (χ1v) is 6.53. The number of halogens is 1. The van der Waals surface area contributed by atoms with Gasteiger partial charge in [0.2, 0.25) is 0 Å². The molecule has 0 saturated carbocycles. The lowest BCUT2D eigenvalue weighted by Gasteiger charge is -2.08. The summed E-state index contributed by atoms with van der Waals surface area (Å²) in [5, 5.41) is 10.3. The summed E-state index contributed by atoms with van der Waals surface area (Å²) in [5.41, 5.74) is 0.650. The summed E-state index contributed by atoms with van der Waals surface area (Å²) in [5.74, 6) is 0.123. The van der Waals surface area contributed by atoms with Crippen molar-refractivity contribution in [2.24, 2.45) is 0 Å². The molecule has 0 unspecified atom stereocenters. The molecule has 2 aromatic carbocycles. The Morgan fingerprint density at radius 3 is 2.56 bits per heavy atom. The van der Waals surface area contributed by atoms with Crippen molar-refractivity contribution in [1.29, 1.82) is 0 Å². The van der Waals surface area contributed by atoms with Gasteiger partial charge in [-0.3, -0.25) is 4.79 Å². The number of phenols is 1. The number of hydrogen-bond acceptors (Lipinski definition) is 3. The Bertz CT molecular complexity index is 596. The van der Waals surface area contributed by atoms with Crippen LogP contribution in [0.15, 0.2) is 52.3 Å². The van der Waals surface area contributed by atoms with Gasteiger partial charge < -0.3 is 5.11 Å². The van der Waals surface area contributed by atoms with Crippen LogP contribution in [0.4, 0.5) is 0 Å². The lowest BCUT2D eigenvalue weighted by molar-refractivity contribution is 0.101. The Hall–Kier alpha value is -1.45. The fourth-order valence-electron chi connectivity index (χ4n) is 1.54. The molecule has 2 nitrogen and oxygen atoms in total. The Morgan fingerprint density at radius 2 is 1.89 bits per heavy atom. The summed E-state index contributed by atoms with van der Waals surface area (Å²) in [7, 11) is 0. The molecule has 0 spiro atoms. The molecule has 2 aromatic rings. The predicted molar refractivity (Wildman–Crippen MR) is 73.7 cm³/mol. The fraction of sp³-hybridized carbons (Fsp3) is 0.0714. The average molecular weight is 279 g/mol. The lowest BCUT2D eigenvalue weighted by Crippen LogP contribution is -1.94. The number of rotatable bonds is 3. The van der Waals surface area contributed by atoms with Crippen molar-refractivity contribution in [3.05, 3.63) is 53.1 Å². The van der Waals surface area contributed by atoms with Crippen molar-refractivity contribution >= 4 is 29.1 Å². The van der Waals surface area contributed by atoms with Crippen molar-refractivity contribution < 1.29 is 9.90 Å². The van der Waals surface area contributed by atoms with E-state index in [1.54, 1.807) is 18.2 Å². The predicted octanol–water partition coefficient (Wildman–Crippen LogP) is 4.40. The molecule has 0 radical (unpaired) electrons. The highest BCUT2D eigenvalue weighted by Gasteiger charge is 2.10. The maximum absolute atomic E-state index is 11.5. The highest BCUT2D eigenvalue weighted by molar-refractivity contribution is 7.99. The highest BCUT2D eigenvalue weighted by Crippen LogP contribution is 2.37. The average Bonchev–Trinajstić information content (AvgIpc) is 2.33. The van der Waals surface area contributed by atoms with E-state index >= 15 is 0 Å². The maximum Gasteiger partial charge on any atom is 0.160 e. The zero-order chi connectivity index (χ0) is 13.1. The quantitative estimate of drug-likeness (QED) is 0.846. The number of carbonyl (C=O) groups is 1. The van der Waals surface area contributed by atoms with Gasteiger partial charge in [0.05, 0.1) is 4.90 Å². The van der Waals surface area contributed by atoms with Gasteiger partial charge in [0.15, 0.2) is 5.78 Å². The van der Waals surface area contributed by atoms with Gasteiger partial charge in [-0.1, -0.05) is 41.6 Å². The van der Waals surface area contributed by atoms with Gasteiger partial charge in [-0.25, -0.2) is 0 Å². The van der Waals surface area contributed by atoms with Crippen LogP contribution >= 0.6 is 23.4 Å². The van der Waals surface area contributed by atoms with Crippen molar-refractivity contribution in [2.75, 3.05) is 0 Å². The molecule has 0 aliphatic heterocycles. The van der Waals surface area contributed by atoms with Crippen LogP contribution < -0.4 is 0 Å². The van der Waals surface area contributed by atoms with E-state index < -0.39 is 0 Å². The zero-order valence-corrected chi connectivity index (χ0v) is 11.3. The van der Waals surface area contributed by atoms with Crippen molar-refractivity contribution in [2.45, 2.75) is 16.7 Å². The molecule has 0 aliphatic carbocycles. The largest absolute Gasteiger partial charge is 0.507 e. The van der Waals surface area contributed by atoms with Gasteiger partial charge in [0.25, 0.3) is 0 Å². The van der Waals surface area contributed by atoms with Crippen LogP contribution in [-0.4, -0.2) is 10.9 Å². The lowest BCUT2D eigenvalue weighted by atomic mass is 10.1. The van der Waals surface area contributed by atoms with Crippen LogP contribution in [0.3, 0.4) is 0 Å². The molecular formula is C14H11ClO2S. The van der Waals surface area contributed by atoms with Gasteiger partial charge in [-0.05, 0) is 31.2 Å². The molecule has 0 heterocycles. The SMILES string of the molecule is CC(=O)c1ccccc1Sc1ccc(Cl)cc1O. The minimum absolute atomic E-state index is 0.00607. The summed E-state index contributed by atoms with van der Waals surface area (Å²) in [4.78, 5) is 13.0. The van der Waals surface area contributed by atoms with E-state index in [0.29, 0.717) is 15.5 Å². The minimum Gasteiger partial charge on any atom is -0.507 e. The van der Waals surface area contributed by atoms with E-state index in [4.69, 9.17) is 11.6 Å². The van der Waals surface area contributed by atoms with Gasteiger partial charge in [0, 0.05) is 15.5 Å². The topological polar surface area (TPSA) is 37.3 Å². The van der Waals surface area contributed by atoms with Gasteiger partial charge in [-0.2, -0.15) is 0 Å². The smallest absolute Gasteiger partial charge is 0.160 e. The van der Waals surface area contributed by atoms with E-state index in [1.807, 2.05) is 18.2 Å². The summed E-state index contributed by atoms with van der Waals surface area (Å²) in [6.45, 7) is 1.53. The third-order valence-electron chi connectivity index (χ3n) is 2.41. The van der Waals surface area contributed by atoms with Gasteiger partial charge in [0.1, 0.15) is 5.75 Å². The van der Waals surface area contributed by atoms with Crippen LogP contribution in [0.2, 0.25) is 5.02 Å². The molecule has 0 amide bonds. The molecule has 0 aromatic heterocycles. The van der Waals surface area contributed by atoms with E-state index in [2.05, 4.69) is 0 Å². The van der Waals surface area contributed by atoms with Crippen molar-refractivity contribution in [3.63, 3.8) is 0 Å². The number of hydrogen-bond donors (Lipinski definition) is 1. The Labute approximate surface area is 115 Å². The monoisotopic (exact) mass is 278 g/mol. The Balaban J connectivity index is 2.37. The molecule has 0 bridgehead atoms. The van der Waals surface area contributed by atoms with E-state index in [1.165, 1.54) is 24.8 Å². The molecule has 0 aliphatic rings. The third-order valence-corrected chi connectivity index (χ3v) is 3.78. The van der Waals surface area contributed by atoms with Gasteiger partial charge >= 0.3 is 0 Å². The first-order chi connectivity index (χ1) is 8.58. The van der Waals surface area contributed by atoms with E-state index in [-0.39, 0.29) is 11.5 Å². The maximum atomic E-state index is 11.5. The molecule has 92 valence electrons. The summed E-state index contributed by atoms with van der Waals surface area (Å²) in [6.07, 6.45) is 0. The first-order valence-electron chi connectivity index (χ1n) is 5.34. The Morgan fingerprint density at radius 1 is 1.17 bits per heavy atom. The molecular weight excluding hydrogens is 268 g/mol. The molecule has 2 rings (SSSR count). The van der Waals surface area contributed by atoms with E-state index in [0.717, 1.165) is 4.90 Å². The molecule has 0 fully saturated rings. The Kier molecular flexibility index (Phi) is 3.94. The second-order valence-electron chi connectivity index (χ2n) is 3.77. The summed E-state index contributed by atoms with van der Waals surface area (Å²) < 4.78 is 0. The fourth-order valence-corrected chi connectivity index (χ4v) is 2.71. The second kappa shape index (κ2) is 5.46. The molecule has 0 atom stereocenters. The summed E-state index contributed by atoms with van der Waals surface area (Å²) >= 11 is 7.13. The first kappa shape index (κ1) is 13.0. The highest BCUT2D eigenvalue weighted by atomic mass is 35.5. The molecule has 0 saturated heterocycles. The van der Waals surface area contributed by atoms with Crippen LogP contribution in [-0.2, 0) is 0 Å². The number of aromatic hydroxyl groups is 1. The van der Waals surface area contributed by atoms with Crippen LogP contribution in [0.1, 0.15) is 17.3 Å². The number of Topliss-reactive ketones (excluding diaryl/α,β-unsaturated/α-hetero) is 1. The minimum atomic E-state index is 0.00607. The molecule has 4 heteroatoms. The molecule has 18 heavy (non-hydrogen) atoms. The second-order valence-corrected chi connectivity index (χ2v) is 5.29. The zero-order valence-electron chi connectivity index (χ0n) is 9.68. The third kappa shape index (κ3) is 2.86.